The number of unbranched alkanes of at least 4 members (excludes halogenated alkanes) is 1. The van der Waals surface area contributed by atoms with Crippen molar-refractivity contribution in [1.29, 1.82) is 0 Å². The second-order valence-corrected chi connectivity index (χ2v) is 8.94. The molecular formula is C24H32O2S2. The van der Waals surface area contributed by atoms with Gasteiger partial charge in [-0.1, -0.05) is 63.4 Å². The lowest BCUT2D eigenvalue weighted by Gasteiger charge is -2.15. The van der Waals surface area contributed by atoms with Gasteiger partial charge >= 0.3 is 5.97 Å². The van der Waals surface area contributed by atoms with Crippen molar-refractivity contribution in [3.8, 4) is 11.1 Å². The fourth-order valence-electron chi connectivity index (χ4n) is 3.03. The number of hydrogen-bond acceptors (Lipinski definition) is 4. The van der Waals surface area contributed by atoms with Gasteiger partial charge < -0.3 is 4.74 Å². The van der Waals surface area contributed by atoms with Crippen LogP contribution in [0.4, 0.5) is 0 Å². The quantitative estimate of drug-likeness (QED) is 0.267. The van der Waals surface area contributed by atoms with Crippen molar-refractivity contribution in [2.75, 3.05) is 18.6 Å². The van der Waals surface area contributed by atoms with E-state index >= 15 is 0 Å². The van der Waals surface area contributed by atoms with Crippen molar-refractivity contribution < 1.29 is 9.53 Å². The van der Waals surface area contributed by atoms with Crippen LogP contribution in [0.1, 0.15) is 46.0 Å². The molecule has 0 fully saturated rings. The minimum absolute atomic E-state index is 0.0792. The number of carbonyl (C=O) groups is 1. The van der Waals surface area contributed by atoms with Gasteiger partial charge in [-0.2, -0.15) is 0 Å². The summed E-state index contributed by atoms with van der Waals surface area (Å²) in [6.07, 6.45) is 7.17. The van der Waals surface area contributed by atoms with E-state index in [1.165, 1.54) is 33.8 Å². The van der Waals surface area contributed by atoms with E-state index in [1.54, 1.807) is 23.5 Å². The Morgan fingerprint density at radius 2 is 1.89 bits per heavy atom. The predicted molar refractivity (Wildman–Crippen MR) is 123 cm³/mol. The molecule has 0 radical (unpaired) electrons. The van der Waals surface area contributed by atoms with Gasteiger partial charge in [-0.05, 0) is 47.9 Å². The maximum atomic E-state index is 12.1. The summed E-state index contributed by atoms with van der Waals surface area (Å²) in [6, 6.07) is 17.0. The highest BCUT2D eigenvalue weighted by Gasteiger charge is 2.12. The first-order valence-corrected chi connectivity index (χ1v) is 12.4. The summed E-state index contributed by atoms with van der Waals surface area (Å²) in [7, 11) is 0. The highest BCUT2D eigenvalue weighted by atomic mass is 32.2. The third-order valence-electron chi connectivity index (χ3n) is 4.86. The molecule has 0 aliphatic carbocycles. The molecule has 0 aromatic heterocycles. The fourth-order valence-corrected chi connectivity index (χ4v) is 4.46. The van der Waals surface area contributed by atoms with E-state index in [0.29, 0.717) is 18.9 Å². The van der Waals surface area contributed by atoms with Crippen molar-refractivity contribution in [1.82, 2.24) is 0 Å². The Hall–Kier alpha value is -1.39. The molecule has 0 bridgehead atoms. The summed E-state index contributed by atoms with van der Waals surface area (Å²) in [6.45, 7) is 4.94. The molecule has 0 aliphatic rings. The monoisotopic (exact) mass is 416 g/mol. The van der Waals surface area contributed by atoms with E-state index in [-0.39, 0.29) is 5.97 Å². The van der Waals surface area contributed by atoms with Crippen LogP contribution in [0.25, 0.3) is 11.1 Å². The van der Waals surface area contributed by atoms with Crippen LogP contribution in [0.3, 0.4) is 0 Å². The van der Waals surface area contributed by atoms with Crippen molar-refractivity contribution in [2.45, 2.75) is 55.7 Å². The molecular weight excluding hydrogens is 384 g/mol. The Morgan fingerprint density at radius 1 is 1.11 bits per heavy atom. The van der Waals surface area contributed by atoms with Crippen molar-refractivity contribution in [2.24, 2.45) is 5.92 Å². The number of ether oxygens (including phenoxy) is 1. The lowest BCUT2D eigenvalue weighted by molar-refractivity contribution is -0.144. The number of benzene rings is 2. The van der Waals surface area contributed by atoms with Gasteiger partial charge in [0.05, 0.1) is 13.0 Å². The average Bonchev–Trinajstić information content (AvgIpc) is 2.74. The Bertz CT molecular complexity index is 716. The van der Waals surface area contributed by atoms with Crippen LogP contribution < -0.4 is 0 Å². The van der Waals surface area contributed by atoms with Gasteiger partial charge in [0.25, 0.3) is 0 Å². The molecule has 0 N–H and O–H groups in total. The topological polar surface area (TPSA) is 26.3 Å². The van der Waals surface area contributed by atoms with Crippen LogP contribution in [0.5, 0.6) is 0 Å². The number of carbonyl (C=O) groups excluding carboxylic acids is 1. The van der Waals surface area contributed by atoms with Crippen LogP contribution in [-0.2, 0) is 9.53 Å². The molecule has 1 unspecified atom stereocenters. The van der Waals surface area contributed by atoms with Crippen molar-refractivity contribution in [3.05, 3.63) is 48.5 Å². The maximum absolute atomic E-state index is 12.1. The summed E-state index contributed by atoms with van der Waals surface area (Å²) in [5, 5.41) is 0. The zero-order valence-electron chi connectivity index (χ0n) is 17.3. The van der Waals surface area contributed by atoms with E-state index in [1.807, 2.05) is 6.07 Å². The molecule has 0 saturated carbocycles. The second kappa shape index (κ2) is 12.9. The van der Waals surface area contributed by atoms with Crippen molar-refractivity contribution >= 4 is 29.5 Å². The van der Waals surface area contributed by atoms with Crippen LogP contribution in [0.15, 0.2) is 58.3 Å². The number of rotatable bonds is 12. The molecule has 2 aromatic rings. The molecule has 0 saturated heterocycles. The Kier molecular flexibility index (Phi) is 10.6. The first kappa shape index (κ1) is 22.9. The third kappa shape index (κ3) is 7.56. The molecule has 2 aromatic carbocycles. The van der Waals surface area contributed by atoms with E-state index in [9.17, 15) is 4.79 Å². The second-order valence-electron chi connectivity index (χ2n) is 6.93. The molecule has 2 rings (SSSR count). The van der Waals surface area contributed by atoms with Gasteiger partial charge in [0.1, 0.15) is 0 Å². The number of esters is 1. The first-order valence-electron chi connectivity index (χ1n) is 10.2. The largest absolute Gasteiger partial charge is 0.465 e. The standard InChI is InChI=1S/C24H32O2S2/c1-4-6-10-19(5-2)18-26-24(25)15-16-28-23-14-13-21(27-3)17-22(23)20-11-8-7-9-12-20/h7-9,11-14,17,19H,4-6,10,15-16,18H2,1-3H3. The molecule has 1 atom stereocenters. The zero-order valence-corrected chi connectivity index (χ0v) is 18.9. The molecule has 4 heteroatoms. The van der Waals surface area contributed by atoms with Gasteiger partial charge in [0.2, 0.25) is 0 Å². The SMILES string of the molecule is CCCCC(CC)COC(=O)CCSc1ccc(SC)cc1-c1ccccc1. The summed E-state index contributed by atoms with van der Waals surface area (Å²) in [5.74, 6) is 1.16. The lowest BCUT2D eigenvalue weighted by Crippen LogP contribution is -2.14. The van der Waals surface area contributed by atoms with E-state index in [4.69, 9.17) is 4.74 Å². The van der Waals surface area contributed by atoms with Crippen LogP contribution in [0, 0.1) is 5.92 Å². The normalized spacial score (nSPS) is 12.0. The maximum Gasteiger partial charge on any atom is 0.306 e. The minimum Gasteiger partial charge on any atom is -0.465 e. The summed E-state index contributed by atoms with van der Waals surface area (Å²) in [4.78, 5) is 14.6. The minimum atomic E-state index is -0.0792. The predicted octanol–water partition coefficient (Wildman–Crippen LogP) is 7.32. The van der Waals surface area contributed by atoms with E-state index < -0.39 is 0 Å². The van der Waals surface area contributed by atoms with Gasteiger partial charge in [-0.25, -0.2) is 0 Å². The Morgan fingerprint density at radius 3 is 2.57 bits per heavy atom. The lowest BCUT2D eigenvalue weighted by atomic mass is 10.0. The smallest absolute Gasteiger partial charge is 0.306 e. The fraction of sp³-hybridized carbons (Fsp3) is 0.458. The van der Waals surface area contributed by atoms with Crippen molar-refractivity contribution in [3.63, 3.8) is 0 Å². The van der Waals surface area contributed by atoms with Gasteiger partial charge in [0.15, 0.2) is 0 Å². The number of hydrogen-bond donors (Lipinski definition) is 0. The third-order valence-corrected chi connectivity index (χ3v) is 6.66. The Labute approximate surface area is 178 Å². The first-order chi connectivity index (χ1) is 13.7. The molecule has 0 amide bonds. The van der Waals surface area contributed by atoms with Crippen LogP contribution >= 0.6 is 23.5 Å². The van der Waals surface area contributed by atoms with Gasteiger partial charge in [0, 0.05) is 15.5 Å². The van der Waals surface area contributed by atoms with Gasteiger partial charge in [-0.15, -0.1) is 23.5 Å². The van der Waals surface area contributed by atoms with Crippen LogP contribution in [0.2, 0.25) is 0 Å². The van der Waals surface area contributed by atoms with E-state index in [2.05, 4.69) is 62.6 Å². The molecule has 28 heavy (non-hydrogen) atoms. The van der Waals surface area contributed by atoms with Gasteiger partial charge in [-0.3, -0.25) is 4.79 Å². The molecule has 0 heterocycles. The molecule has 0 aliphatic heterocycles. The summed E-state index contributed by atoms with van der Waals surface area (Å²) < 4.78 is 5.53. The van der Waals surface area contributed by atoms with E-state index in [0.717, 1.165) is 18.6 Å². The molecule has 152 valence electrons. The molecule has 2 nitrogen and oxygen atoms in total. The molecule has 0 spiro atoms. The summed E-state index contributed by atoms with van der Waals surface area (Å²) >= 11 is 3.48. The highest BCUT2D eigenvalue weighted by molar-refractivity contribution is 7.99. The zero-order chi connectivity index (χ0) is 20.2. The Balaban J connectivity index is 1.89. The number of thioether (sulfide) groups is 2. The average molecular weight is 417 g/mol. The summed E-state index contributed by atoms with van der Waals surface area (Å²) in [5.41, 5.74) is 2.45. The van der Waals surface area contributed by atoms with Crippen LogP contribution in [-0.4, -0.2) is 24.6 Å². The highest BCUT2D eigenvalue weighted by Crippen LogP contribution is 2.34.